The molecule has 0 radical (unpaired) electrons. The summed E-state index contributed by atoms with van der Waals surface area (Å²) in [5.74, 6) is 1.39. The van der Waals surface area contributed by atoms with E-state index in [9.17, 15) is 9.59 Å². The molecule has 7 heteroatoms. The third-order valence-corrected chi connectivity index (χ3v) is 6.94. The number of fused-ring (bicyclic) bond motifs is 1. The Bertz CT molecular complexity index is 782. The molecule has 2 amide bonds. The lowest BCUT2D eigenvalue weighted by atomic mass is 9.83. The first-order chi connectivity index (χ1) is 14.6. The Hall–Kier alpha value is -2.28. The number of nitrogens with zero attached hydrogens (tertiary/aromatic N) is 2. The standard InChI is InChI=1S/C23H33N3O4/c1-29-18-8-9-20(21(13-18)30-2)26-15-17(12-22(26)27)23(28)24-14-16-6-5-11-25-10-4-3-7-19(16)25/h8-9,13,16-17,19H,3-7,10-12,14-15H2,1-2H3,(H,24,28)/t16-,17+,19+/m0/s1. The van der Waals surface area contributed by atoms with Gasteiger partial charge in [-0.15, -0.1) is 0 Å². The molecule has 3 atom stereocenters. The zero-order chi connectivity index (χ0) is 21.1. The average molecular weight is 416 g/mol. The summed E-state index contributed by atoms with van der Waals surface area (Å²) in [7, 11) is 3.16. The fourth-order valence-corrected chi connectivity index (χ4v) is 5.32. The van der Waals surface area contributed by atoms with E-state index in [0.29, 0.717) is 35.7 Å². The lowest BCUT2D eigenvalue weighted by Crippen LogP contribution is -2.51. The van der Waals surface area contributed by atoms with Gasteiger partial charge in [0.15, 0.2) is 0 Å². The van der Waals surface area contributed by atoms with E-state index in [0.717, 1.165) is 6.54 Å². The van der Waals surface area contributed by atoms with Crippen molar-refractivity contribution in [3.8, 4) is 11.5 Å². The lowest BCUT2D eigenvalue weighted by Gasteiger charge is -2.44. The molecule has 0 aromatic heterocycles. The highest BCUT2D eigenvalue weighted by Gasteiger charge is 2.38. The predicted molar refractivity (Wildman–Crippen MR) is 115 cm³/mol. The molecule has 164 valence electrons. The number of anilines is 1. The van der Waals surface area contributed by atoms with Crippen LogP contribution in [0, 0.1) is 11.8 Å². The highest BCUT2D eigenvalue weighted by Crippen LogP contribution is 2.36. The number of carbonyl (C=O) groups is 2. The van der Waals surface area contributed by atoms with Crippen molar-refractivity contribution >= 4 is 17.5 Å². The van der Waals surface area contributed by atoms with Crippen LogP contribution in [0.3, 0.4) is 0 Å². The first-order valence-corrected chi connectivity index (χ1v) is 11.1. The van der Waals surface area contributed by atoms with Gasteiger partial charge in [-0.3, -0.25) is 9.59 Å². The van der Waals surface area contributed by atoms with Crippen molar-refractivity contribution in [3.05, 3.63) is 18.2 Å². The topological polar surface area (TPSA) is 71.1 Å². The minimum Gasteiger partial charge on any atom is -0.497 e. The van der Waals surface area contributed by atoms with Crippen molar-refractivity contribution in [2.24, 2.45) is 11.8 Å². The highest BCUT2D eigenvalue weighted by atomic mass is 16.5. The van der Waals surface area contributed by atoms with Gasteiger partial charge in [0.1, 0.15) is 11.5 Å². The van der Waals surface area contributed by atoms with Gasteiger partial charge in [-0.2, -0.15) is 0 Å². The lowest BCUT2D eigenvalue weighted by molar-refractivity contribution is -0.126. The van der Waals surface area contributed by atoms with Gasteiger partial charge < -0.3 is 24.6 Å². The van der Waals surface area contributed by atoms with Gasteiger partial charge in [0, 0.05) is 31.6 Å². The molecule has 7 nitrogen and oxygen atoms in total. The Morgan fingerprint density at radius 3 is 2.77 bits per heavy atom. The average Bonchev–Trinajstić information content (AvgIpc) is 3.18. The SMILES string of the molecule is COc1ccc(N2C[C@H](C(=O)NC[C@@H]3CCCN4CCCC[C@H]34)CC2=O)c(OC)c1. The summed E-state index contributed by atoms with van der Waals surface area (Å²) < 4.78 is 10.7. The normalized spacial score (nSPS) is 26.9. The molecule has 1 aromatic rings. The summed E-state index contributed by atoms with van der Waals surface area (Å²) in [6.45, 7) is 3.50. The van der Waals surface area contributed by atoms with E-state index in [1.807, 2.05) is 6.07 Å². The predicted octanol–water partition coefficient (Wildman–Crippen LogP) is 2.44. The van der Waals surface area contributed by atoms with Crippen LogP contribution in [0.2, 0.25) is 0 Å². The van der Waals surface area contributed by atoms with E-state index >= 15 is 0 Å². The minimum absolute atomic E-state index is 0.00809. The van der Waals surface area contributed by atoms with E-state index < -0.39 is 0 Å². The molecule has 3 saturated heterocycles. The van der Waals surface area contributed by atoms with Crippen molar-refractivity contribution in [1.29, 1.82) is 0 Å². The van der Waals surface area contributed by atoms with Crippen molar-refractivity contribution in [2.45, 2.75) is 44.6 Å². The summed E-state index contributed by atoms with van der Waals surface area (Å²) in [5.41, 5.74) is 0.684. The van der Waals surface area contributed by atoms with Gasteiger partial charge in [-0.25, -0.2) is 0 Å². The maximum atomic E-state index is 12.9. The maximum Gasteiger partial charge on any atom is 0.227 e. The van der Waals surface area contributed by atoms with E-state index in [1.54, 1.807) is 31.3 Å². The Morgan fingerprint density at radius 2 is 1.97 bits per heavy atom. The number of benzene rings is 1. The van der Waals surface area contributed by atoms with E-state index in [2.05, 4.69) is 10.2 Å². The van der Waals surface area contributed by atoms with Crippen LogP contribution in [-0.4, -0.2) is 63.2 Å². The third-order valence-electron chi connectivity index (χ3n) is 6.94. The number of piperidine rings is 2. The van der Waals surface area contributed by atoms with Gasteiger partial charge in [0.2, 0.25) is 11.8 Å². The Morgan fingerprint density at radius 1 is 1.13 bits per heavy atom. The molecule has 0 unspecified atom stereocenters. The molecule has 30 heavy (non-hydrogen) atoms. The van der Waals surface area contributed by atoms with Crippen LogP contribution in [0.25, 0.3) is 0 Å². The van der Waals surface area contributed by atoms with Crippen LogP contribution < -0.4 is 19.7 Å². The molecule has 1 N–H and O–H groups in total. The van der Waals surface area contributed by atoms with Gasteiger partial charge in [-0.05, 0) is 56.8 Å². The summed E-state index contributed by atoms with van der Waals surface area (Å²) in [6, 6.07) is 5.99. The van der Waals surface area contributed by atoms with Gasteiger partial charge in [0.05, 0.1) is 25.8 Å². The molecule has 0 spiro atoms. The maximum absolute atomic E-state index is 12.9. The summed E-state index contributed by atoms with van der Waals surface area (Å²) in [4.78, 5) is 29.8. The second-order valence-electron chi connectivity index (χ2n) is 8.69. The van der Waals surface area contributed by atoms with Crippen molar-refractivity contribution in [3.63, 3.8) is 0 Å². The van der Waals surface area contributed by atoms with Crippen molar-refractivity contribution in [1.82, 2.24) is 10.2 Å². The number of nitrogens with one attached hydrogen (secondary N) is 1. The number of rotatable bonds is 6. The Labute approximate surface area is 178 Å². The van der Waals surface area contributed by atoms with Gasteiger partial charge in [-0.1, -0.05) is 6.42 Å². The largest absolute Gasteiger partial charge is 0.497 e. The monoisotopic (exact) mass is 415 g/mol. The van der Waals surface area contributed by atoms with E-state index in [-0.39, 0.29) is 24.2 Å². The fraction of sp³-hybridized carbons (Fsp3) is 0.652. The third kappa shape index (κ3) is 4.26. The summed E-state index contributed by atoms with van der Waals surface area (Å²) in [6.07, 6.45) is 6.46. The molecular weight excluding hydrogens is 382 g/mol. The van der Waals surface area contributed by atoms with Crippen LogP contribution in [0.15, 0.2) is 18.2 Å². The highest BCUT2D eigenvalue weighted by molar-refractivity contribution is 6.01. The van der Waals surface area contributed by atoms with Crippen LogP contribution in [0.1, 0.15) is 38.5 Å². The van der Waals surface area contributed by atoms with Crippen LogP contribution in [0.4, 0.5) is 5.69 Å². The Kier molecular flexibility index (Phi) is 6.46. The minimum atomic E-state index is -0.324. The molecule has 3 fully saturated rings. The molecule has 1 aromatic carbocycles. The molecule has 3 aliphatic rings. The second kappa shape index (κ2) is 9.25. The zero-order valence-electron chi connectivity index (χ0n) is 18.1. The fourth-order valence-electron chi connectivity index (χ4n) is 5.32. The molecule has 3 heterocycles. The molecule has 3 aliphatic heterocycles. The summed E-state index contributed by atoms with van der Waals surface area (Å²) in [5, 5.41) is 3.17. The first-order valence-electron chi connectivity index (χ1n) is 11.1. The smallest absolute Gasteiger partial charge is 0.227 e. The van der Waals surface area contributed by atoms with Crippen LogP contribution in [0.5, 0.6) is 11.5 Å². The molecule has 4 rings (SSSR count). The van der Waals surface area contributed by atoms with Crippen molar-refractivity contribution < 1.29 is 19.1 Å². The number of amides is 2. The molecule has 0 aliphatic carbocycles. The number of hydrogen-bond donors (Lipinski definition) is 1. The quantitative estimate of drug-likeness (QED) is 0.773. The molecule has 0 saturated carbocycles. The number of ether oxygens (including phenoxy) is 2. The number of carbonyl (C=O) groups excluding carboxylic acids is 2. The molecule has 0 bridgehead atoms. The summed E-state index contributed by atoms with van der Waals surface area (Å²) >= 11 is 0. The van der Waals surface area contributed by atoms with Crippen LogP contribution >= 0.6 is 0 Å². The van der Waals surface area contributed by atoms with E-state index in [1.165, 1.54) is 45.2 Å². The van der Waals surface area contributed by atoms with Gasteiger partial charge in [0.25, 0.3) is 0 Å². The zero-order valence-corrected chi connectivity index (χ0v) is 18.1. The number of hydrogen-bond acceptors (Lipinski definition) is 5. The number of methoxy groups -OCH3 is 2. The Balaban J connectivity index is 1.36. The van der Waals surface area contributed by atoms with Crippen molar-refractivity contribution in [2.75, 3.05) is 45.3 Å². The first kappa shape index (κ1) is 21.0. The van der Waals surface area contributed by atoms with E-state index in [4.69, 9.17) is 9.47 Å². The van der Waals surface area contributed by atoms with Crippen LogP contribution in [-0.2, 0) is 9.59 Å². The molecular formula is C23H33N3O4. The second-order valence-corrected chi connectivity index (χ2v) is 8.69. The van der Waals surface area contributed by atoms with Gasteiger partial charge >= 0.3 is 0 Å².